The highest BCUT2D eigenvalue weighted by Gasteiger charge is 2.17. The molecule has 0 saturated heterocycles. The Bertz CT molecular complexity index is 348. The molecule has 7 heteroatoms. The highest BCUT2D eigenvalue weighted by Crippen LogP contribution is 2.21. The maximum absolute atomic E-state index is 10.6. The molecule has 7 nitrogen and oxygen atoms in total. The van der Waals surface area contributed by atoms with Crippen LogP contribution in [0.1, 0.15) is 51.4 Å². The minimum atomic E-state index is -1.02. The minimum absolute atomic E-state index is 0.0631. The van der Waals surface area contributed by atoms with Gasteiger partial charge in [0, 0.05) is 25.7 Å². The number of aldehydes is 1. The summed E-state index contributed by atoms with van der Waals surface area (Å²) >= 11 is 0. The van der Waals surface area contributed by atoms with Gasteiger partial charge in [-0.1, -0.05) is 12.8 Å². The molecule has 0 fully saturated rings. The summed E-state index contributed by atoms with van der Waals surface area (Å²) in [5.74, 6) is -3.62. The Labute approximate surface area is 123 Å². The summed E-state index contributed by atoms with van der Waals surface area (Å²) in [7, 11) is 0. The molecule has 1 unspecified atom stereocenters. The maximum atomic E-state index is 10.6. The number of unbranched alkanes of at least 4 members (excludes halogenated alkanes) is 1. The zero-order chi connectivity index (χ0) is 16.3. The van der Waals surface area contributed by atoms with Crippen LogP contribution < -0.4 is 0 Å². The summed E-state index contributed by atoms with van der Waals surface area (Å²) < 4.78 is 0. The first kappa shape index (κ1) is 19.1. The smallest absolute Gasteiger partial charge is 0.303 e. The van der Waals surface area contributed by atoms with Gasteiger partial charge >= 0.3 is 17.9 Å². The van der Waals surface area contributed by atoms with Crippen molar-refractivity contribution in [3.05, 3.63) is 0 Å². The molecular weight excluding hydrogens is 280 g/mol. The van der Waals surface area contributed by atoms with Crippen molar-refractivity contribution in [1.82, 2.24) is 0 Å². The zero-order valence-corrected chi connectivity index (χ0v) is 11.9. The monoisotopic (exact) mass is 302 g/mol. The van der Waals surface area contributed by atoms with E-state index in [9.17, 15) is 19.2 Å². The third-order valence-electron chi connectivity index (χ3n) is 3.29. The van der Waals surface area contributed by atoms with Crippen molar-refractivity contribution in [2.24, 2.45) is 11.8 Å². The van der Waals surface area contributed by atoms with Gasteiger partial charge in [-0.15, -0.1) is 0 Å². The van der Waals surface area contributed by atoms with Gasteiger partial charge in [-0.2, -0.15) is 0 Å². The molecule has 0 spiro atoms. The molecule has 0 radical (unpaired) electrons. The number of carboxylic acids is 3. The number of rotatable bonds is 13. The molecule has 21 heavy (non-hydrogen) atoms. The van der Waals surface area contributed by atoms with E-state index in [1.54, 1.807) is 0 Å². The summed E-state index contributed by atoms with van der Waals surface area (Å²) in [5, 5.41) is 26.1. The molecular formula is C14H22O7. The normalized spacial score (nSPS) is 12.0. The molecule has 0 rings (SSSR count). The predicted molar refractivity (Wildman–Crippen MR) is 72.9 cm³/mol. The lowest BCUT2D eigenvalue weighted by atomic mass is 9.91. The lowest BCUT2D eigenvalue weighted by Crippen LogP contribution is -2.13. The van der Waals surface area contributed by atoms with Gasteiger partial charge in [-0.3, -0.25) is 14.4 Å². The van der Waals surface area contributed by atoms with Gasteiger partial charge in [0.2, 0.25) is 0 Å². The molecule has 0 aromatic carbocycles. The number of aliphatic carboxylic acids is 3. The van der Waals surface area contributed by atoms with Crippen LogP contribution in [0.4, 0.5) is 0 Å². The van der Waals surface area contributed by atoms with Crippen LogP contribution in [0.15, 0.2) is 0 Å². The van der Waals surface area contributed by atoms with E-state index < -0.39 is 23.8 Å². The first-order valence-corrected chi connectivity index (χ1v) is 6.94. The predicted octanol–water partition coefficient (Wildman–Crippen LogP) is 1.79. The van der Waals surface area contributed by atoms with Gasteiger partial charge in [-0.05, 0) is 24.7 Å². The molecule has 120 valence electrons. The molecule has 0 amide bonds. The minimum Gasteiger partial charge on any atom is -0.481 e. The van der Waals surface area contributed by atoms with Crippen LogP contribution >= 0.6 is 0 Å². The lowest BCUT2D eigenvalue weighted by Gasteiger charge is -2.14. The standard InChI is InChI=1S/C14H22O7/c15-6-5-10(7-12(16)17)3-1-2-4-11(8-13(18)19)9-14(20)21/h6,10-11H,1-5,7-9H2,(H,16,17)(H,18,19)(H,20,21). The topological polar surface area (TPSA) is 129 Å². The third kappa shape index (κ3) is 11.6. The van der Waals surface area contributed by atoms with Crippen LogP contribution in [0, 0.1) is 11.8 Å². The van der Waals surface area contributed by atoms with Crippen molar-refractivity contribution >= 4 is 24.2 Å². The van der Waals surface area contributed by atoms with Gasteiger partial charge in [-0.25, -0.2) is 0 Å². The second kappa shape index (κ2) is 10.8. The van der Waals surface area contributed by atoms with E-state index >= 15 is 0 Å². The Balaban J connectivity index is 4.10. The van der Waals surface area contributed by atoms with Crippen LogP contribution in [0.25, 0.3) is 0 Å². The van der Waals surface area contributed by atoms with E-state index in [1.807, 2.05) is 0 Å². The Morgan fingerprint density at radius 2 is 1.14 bits per heavy atom. The van der Waals surface area contributed by atoms with Gasteiger partial charge in [0.05, 0.1) is 0 Å². The summed E-state index contributed by atoms with van der Waals surface area (Å²) in [6.45, 7) is 0. The molecule has 0 aliphatic carbocycles. The summed E-state index contributed by atoms with van der Waals surface area (Å²) in [4.78, 5) is 42.4. The van der Waals surface area contributed by atoms with Gasteiger partial charge < -0.3 is 20.1 Å². The highest BCUT2D eigenvalue weighted by atomic mass is 16.4. The quantitative estimate of drug-likeness (QED) is 0.349. The van der Waals surface area contributed by atoms with E-state index in [4.69, 9.17) is 15.3 Å². The molecule has 0 aromatic heterocycles. The van der Waals surface area contributed by atoms with Gasteiger partial charge in [0.25, 0.3) is 0 Å². The van der Waals surface area contributed by atoms with Crippen molar-refractivity contribution < 1.29 is 34.5 Å². The average Bonchev–Trinajstić information content (AvgIpc) is 2.32. The second-order valence-electron chi connectivity index (χ2n) is 5.21. The average molecular weight is 302 g/mol. The first-order chi connectivity index (χ1) is 9.85. The number of hydrogen-bond acceptors (Lipinski definition) is 4. The number of carboxylic acid groups (broad SMARTS) is 3. The number of carbonyl (C=O) groups is 4. The van der Waals surface area contributed by atoms with Crippen LogP contribution in [0.3, 0.4) is 0 Å². The van der Waals surface area contributed by atoms with E-state index in [0.717, 1.165) is 0 Å². The van der Waals surface area contributed by atoms with Crippen molar-refractivity contribution in [2.75, 3.05) is 0 Å². The van der Waals surface area contributed by atoms with Crippen LogP contribution in [-0.2, 0) is 19.2 Å². The fraction of sp³-hybridized carbons (Fsp3) is 0.714. The molecule has 1 atom stereocenters. The molecule has 0 aliphatic heterocycles. The Morgan fingerprint density at radius 1 is 0.762 bits per heavy atom. The zero-order valence-electron chi connectivity index (χ0n) is 11.9. The SMILES string of the molecule is O=CCC(CCCCC(CC(=O)O)CC(=O)O)CC(=O)O. The fourth-order valence-corrected chi connectivity index (χ4v) is 2.32. The van der Waals surface area contributed by atoms with E-state index in [-0.39, 0.29) is 31.6 Å². The number of carbonyl (C=O) groups excluding carboxylic acids is 1. The molecule has 3 N–H and O–H groups in total. The van der Waals surface area contributed by atoms with Crippen molar-refractivity contribution in [2.45, 2.75) is 51.4 Å². The second-order valence-corrected chi connectivity index (χ2v) is 5.21. The fourth-order valence-electron chi connectivity index (χ4n) is 2.32. The van der Waals surface area contributed by atoms with Crippen LogP contribution in [-0.4, -0.2) is 39.5 Å². The van der Waals surface area contributed by atoms with E-state index in [0.29, 0.717) is 32.0 Å². The van der Waals surface area contributed by atoms with E-state index in [1.165, 1.54) is 0 Å². The number of hydrogen-bond donors (Lipinski definition) is 3. The third-order valence-corrected chi connectivity index (χ3v) is 3.29. The molecule has 0 heterocycles. The molecule has 0 aliphatic rings. The Morgan fingerprint density at radius 3 is 1.52 bits per heavy atom. The van der Waals surface area contributed by atoms with Crippen molar-refractivity contribution in [3.63, 3.8) is 0 Å². The molecule has 0 aromatic rings. The first-order valence-electron chi connectivity index (χ1n) is 6.94. The summed E-state index contributed by atoms with van der Waals surface area (Å²) in [6, 6.07) is 0. The lowest BCUT2D eigenvalue weighted by molar-refractivity contribution is -0.141. The molecule has 0 saturated carbocycles. The van der Waals surface area contributed by atoms with Crippen molar-refractivity contribution in [1.29, 1.82) is 0 Å². The van der Waals surface area contributed by atoms with Gasteiger partial charge in [0.1, 0.15) is 6.29 Å². The molecule has 0 bridgehead atoms. The highest BCUT2D eigenvalue weighted by molar-refractivity contribution is 5.70. The maximum Gasteiger partial charge on any atom is 0.303 e. The summed E-state index contributed by atoms with van der Waals surface area (Å²) in [5.41, 5.74) is 0. The van der Waals surface area contributed by atoms with Crippen LogP contribution in [0.5, 0.6) is 0 Å². The van der Waals surface area contributed by atoms with Crippen LogP contribution in [0.2, 0.25) is 0 Å². The van der Waals surface area contributed by atoms with E-state index in [2.05, 4.69) is 0 Å². The Hall–Kier alpha value is -1.92. The largest absolute Gasteiger partial charge is 0.481 e. The van der Waals surface area contributed by atoms with Gasteiger partial charge in [0.15, 0.2) is 0 Å². The van der Waals surface area contributed by atoms with Crippen molar-refractivity contribution in [3.8, 4) is 0 Å². The Kier molecular flexibility index (Phi) is 9.83. The summed E-state index contributed by atoms with van der Waals surface area (Å²) in [6.07, 6.45) is 2.79.